The Hall–Kier alpha value is -1.67. The summed E-state index contributed by atoms with van der Waals surface area (Å²) in [5, 5.41) is 9.92. The van der Waals surface area contributed by atoms with Crippen molar-refractivity contribution in [3.05, 3.63) is 71.5 Å². The summed E-state index contributed by atoms with van der Waals surface area (Å²) in [5.74, 6) is -0.240. The van der Waals surface area contributed by atoms with E-state index in [1.807, 2.05) is 30.3 Å². The SMILES string of the molecule is OC(CCc1ccccc1)Cc1ccccc1F. The molecule has 0 spiro atoms. The number of hydrogen-bond acceptors (Lipinski definition) is 1. The van der Waals surface area contributed by atoms with Crippen molar-refractivity contribution in [2.45, 2.75) is 25.4 Å². The van der Waals surface area contributed by atoms with Gasteiger partial charge in [0.05, 0.1) is 6.10 Å². The predicted octanol–water partition coefficient (Wildman–Crippen LogP) is 3.36. The molecule has 0 radical (unpaired) electrons. The van der Waals surface area contributed by atoms with Gasteiger partial charge in [-0.15, -0.1) is 0 Å². The van der Waals surface area contributed by atoms with Crippen LogP contribution in [-0.2, 0) is 12.8 Å². The highest BCUT2D eigenvalue weighted by atomic mass is 19.1. The second-order valence-corrected chi connectivity index (χ2v) is 4.47. The fraction of sp³-hybridized carbons (Fsp3) is 0.250. The summed E-state index contributed by atoms with van der Waals surface area (Å²) in [6, 6.07) is 16.6. The molecule has 2 rings (SSSR count). The van der Waals surface area contributed by atoms with Gasteiger partial charge >= 0.3 is 0 Å². The van der Waals surface area contributed by atoms with Gasteiger partial charge in [0, 0.05) is 6.42 Å². The zero-order chi connectivity index (χ0) is 12.8. The van der Waals surface area contributed by atoms with Crippen molar-refractivity contribution >= 4 is 0 Å². The van der Waals surface area contributed by atoms with E-state index in [9.17, 15) is 9.50 Å². The standard InChI is InChI=1S/C16H17FO/c17-16-9-5-4-8-14(16)12-15(18)11-10-13-6-2-1-3-7-13/h1-9,15,18H,10-12H2. The summed E-state index contributed by atoms with van der Waals surface area (Å²) in [5.41, 5.74) is 1.78. The van der Waals surface area contributed by atoms with Crippen LogP contribution in [0.3, 0.4) is 0 Å². The minimum Gasteiger partial charge on any atom is -0.393 e. The van der Waals surface area contributed by atoms with Gasteiger partial charge in [0.25, 0.3) is 0 Å². The molecule has 2 heteroatoms. The summed E-state index contributed by atoms with van der Waals surface area (Å²) in [6.07, 6.45) is 1.34. The van der Waals surface area contributed by atoms with Crippen LogP contribution in [0.4, 0.5) is 4.39 Å². The van der Waals surface area contributed by atoms with E-state index < -0.39 is 6.10 Å². The summed E-state index contributed by atoms with van der Waals surface area (Å²) in [6.45, 7) is 0. The molecule has 1 N–H and O–H groups in total. The van der Waals surface area contributed by atoms with Crippen molar-refractivity contribution in [3.8, 4) is 0 Å². The molecule has 0 aliphatic heterocycles. The van der Waals surface area contributed by atoms with Crippen LogP contribution in [0.15, 0.2) is 54.6 Å². The predicted molar refractivity (Wildman–Crippen MR) is 70.9 cm³/mol. The van der Waals surface area contributed by atoms with E-state index in [0.29, 0.717) is 18.4 Å². The lowest BCUT2D eigenvalue weighted by Gasteiger charge is -2.11. The maximum absolute atomic E-state index is 13.4. The maximum atomic E-state index is 13.4. The lowest BCUT2D eigenvalue weighted by molar-refractivity contribution is 0.164. The molecule has 0 saturated heterocycles. The summed E-state index contributed by atoms with van der Waals surface area (Å²) in [4.78, 5) is 0. The fourth-order valence-electron chi connectivity index (χ4n) is 2.00. The number of aryl methyl sites for hydroxylation is 1. The second kappa shape index (κ2) is 6.31. The van der Waals surface area contributed by atoms with Crippen LogP contribution < -0.4 is 0 Å². The lowest BCUT2D eigenvalue weighted by atomic mass is 10.0. The molecule has 18 heavy (non-hydrogen) atoms. The smallest absolute Gasteiger partial charge is 0.126 e. The Bertz CT molecular complexity index is 481. The summed E-state index contributed by atoms with van der Waals surface area (Å²) < 4.78 is 13.4. The molecule has 0 aromatic heterocycles. The van der Waals surface area contributed by atoms with Crippen LogP contribution in [0.25, 0.3) is 0 Å². The number of hydrogen-bond donors (Lipinski definition) is 1. The first kappa shape index (κ1) is 12.8. The monoisotopic (exact) mass is 244 g/mol. The van der Waals surface area contributed by atoms with E-state index >= 15 is 0 Å². The summed E-state index contributed by atoms with van der Waals surface area (Å²) in [7, 11) is 0. The first-order valence-corrected chi connectivity index (χ1v) is 6.21. The topological polar surface area (TPSA) is 20.2 Å². The fourth-order valence-corrected chi connectivity index (χ4v) is 2.00. The molecule has 0 bridgehead atoms. The molecular weight excluding hydrogens is 227 g/mol. The average molecular weight is 244 g/mol. The first-order chi connectivity index (χ1) is 8.75. The quantitative estimate of drug-likeness (QED) is 0.855. The first-order valence-electron chi connectivity index (χ1n) is 6.21. The Morgan fingerprint density at radius 2 is 1.61 bits per heavy atom. The normalized spacial score (nSPS) is 12.3. The average Bonchev–Trinajstić information content (AvgIpc) is 2.40. The highest BCUT2D eigenvalue weighted by molar-refractivity contribution is 5.18. The minimum atomic E-state index is -0.498. The molecule has 0 fully saturated rings. The third-order valence-electron chi connectivity index (χ3n) is 3.02. The zero-order valence-electron chi connectivity index (χ0n) is 10.2. The lowest BCUT2D eigenvalue weighted by Crippen LogP contribution is -2.12. The molecule has 2 aromatic rings. The zero-order valence-corrected chi connectivity index (χ0v) is 10.2. The van der Waals surface area contributed by atoms with Crippen LogP contribution in [0.5, 0.6) is 0 Å². The molecule has 0 amide bonds. The van der Waals surface area contributed by atoms with Gasteiger partial charge in [-0.25, -0.2) is 4.39 Å². The third-order valence-corrected chi connectivity index (χ3v) is 3.02. The van der Waals surface area contributed by atoms with Crippen molar-refractivity contribution in [2.75, 3.05) is 0 Å². The van der Waals surface area contributed by atoms with Crippen molar-refractivity contribution < 1.29 is 9.50 Å². The molecule has 1 atom stereocenters. The highest BCUT2D eigenvalue weighted by Crippen LogP contribution is 2.12. The molecule has 0 heterocycles. The molecule has 0 aliphatic carbocycles. The van der Waals surface area contributed by atoms with Crippen LogP contribution in [-0.4, -0.2) is 11.2 Å². The Morgan fingerprint density at radius 1 is 0.944 bits per heavy atom. The van der Waals surface area contributed by atoms with Crippen molar-refractivity contribution in [1.29, 1.82) is 0 Å². The van der Waals surface area contributed by atoms with E-state index in [1.165, 1.54) is 11.6 Å². The minimum absolute atomic E-state index is 0.240. The summed E-state index contributed by atoms with van der Waals surface area (Å²) >= 11 is 0. The van der Waals surface area contributed by atoms with Gasteiger partial charge in [0.15, 0.2) is 0 Å². The van der Waals surface area contributed by atoms with E-state index in [-0.39, 0.29) is 5.82 Å². The van der Waals surface area contributed by atoms with Gasteiger partial charge in [0.2, 0.25) is 0 Å². The molecule has 2 aromatic carbocycles. The van der Waals surface area contributed by atoms with E-state index in [4.69, 9.17) is 0 Å². The van der Waals surface area contributed by atoms with Crippen LogP contribution >= 0.6 is 0 Å². The number of aliphatic hydroxyl groups is 1. The van der Waals surface area contributed by atoms with E-state index in [2.05, 4.69) is 0 Å². The van der Waals surface area contributed by atoms with Gasteiger partial charge in [0.1, 0.15) is 5.82 Å². The largest absolute Gasteiger partial charge is 0.393 e. The molecular formula is C16H17FO. The van der Waals surface area contributed by atoms with Crippen molar-refractivity contribution in [1.82, 2.24) is 0 Å². The molecule has 0 aliphatic rings. The van der Waals surface area contributed by atoms with E-state index in [0.717, 1.165) is 6.42 Å². The Balaban J connectivity index is 1.86. The van der Waals surface area contributed by atoms with Gasteiger partial charge in [-0.3, -0.25) is 0 Å². The highest BCUT2D eigenvalue weighted by Gasteiger charge is 2.09. The third kappa shape index (κ3) is 3.67. The van der Waals surface area contributed by atoms with Gasteiger partial charge in [-0.1, -0.05) is 48.5 Å². The van der Waals surface area contributed by atoms with Crippen molar-refractivity contribution in [3.63, 3.8) is 0 Å². The maximum Gasteiger partial charge on any atom is 0.126 e. The van der Waals surface area contributed by atoms with Gasteiger partial charge in [-0.05, 0) is 30.0 Å². The van der Waals surface area contributed by atoms with Crippen molar-refractivity contribution in [2.24, 2.45) is 0 Å². The van der Waals surface area contributed by atoms with Crippen LogP contribution in [0.2, 0.25) is 0 Å². The number of rotatable bonds is 5. The Kier molecular flexibility index (Phi) is 4.48. The number of benzene rings is 2. The molecule has 1 nitrogen and oxygen atoms in total. The van der Waals surface area contributed by atoms with E-state index in [1.54, 1.807) is 18.2 Å². The number of halogens is 1. The van der Waals surface area contributed by atoms with Crippen LogP contribution in [0.1, 0.15) is 17.5 Å². The Morgan fingerprint density at radius 3 is 2.33 bits per heavy atom. The van der Waals surface area contributed by atoms with Gasteiger partial charge < -0.3 is 5.11 Å². The van der Waals surface area contributed by atoms with Crippen LogP contribution in [0, 0.1) is 5.82 Å². The van der Waals surface area contributed by atoms with Gasteiger partial charge in [-0.2, -0.15) is 0 Å². The molecule has 1 unspecified atom stereocenters. The Labute approximate surface area is 107 Å². The number of aliphatic hydroxyl groups excluding tert-OH is 1. The molecule has 0 saturated carbocycles. The second-order valence-electron chi connectivity index (χ2n) is 4.47. The molecule has 94 valence electrons.